The zero-order valence-corrected chi connectivity index (χ0v) is 15.8. The predicted molar refractivity (Wildman–Crippen MR) is 109 cm³/mol. The fourth-order valence-corrected chi connectivity index (χ4v) is 4.01. The largest absolute Gasteiger partial charge is 0.366 e. The highest BCUT2D eigenvalue weighted by Gasteiger charge is 2.40. The SMILES string of the molecule is Cc1cccc(-c2ccc3c(n2)N(C(=O)Nc2cncc(F)n2)[C@H]2CCN3C2)c1. The quantitative estimate of drug-likeness (QED) is 0.724. The monoisotopic (exact) mass is 390 g/mol. The molecular formula is C21H19FN6O. The van der Waals surface area contributed by atoms with Gasteiger partial charge in [0.05, 0.1) is 29.8 Å². The van der Waals surface area contributed by atoms with Crippen LogP contribution in [-0.2, 0) is 0 Å². The number of nitrogens with zero attached hydrogens (tertiary/aromatic N) is 5. The Morgan fingerprint density at radius 1 is 1.21 bits per heavy atom. The summed E-state index contributed by atoms with van der Waals surface area (Å²) in [6.07, 6.45) is 3.16. The Morgan fingerprint density at radius 2 is 2.10 bits per heavy atom. The van der Waals surface area contributed by atoms with Gasteiger partial charge in [-0.15, -0.1) is 0 Å². The Hall–Kier alpha value is -3.55. The van der Waals surface area contributed by atoms with Crippen molar-refractivity contribution in [3.05, 3.63) is 60.3 Å². The molecule has 0 aliphatic carbocycles. The van der Waals surface area contributed by atoms with Crippen LogP contribution in [0.25, 0.3) is 11.3 Å². The molecule has 1 atom stereocenters. The van der Waals surface area contributed by atoms with Gasteiger partial charge in [0.1, 0.15) is 0 Å². The van der Waals surface area contributed by atoms with Crippen LogP contribution in [0.5, 0.6) is 0 Å². The van der Waals surface area contributed by atoms with Crippen molar-refractivity contribution < 1.29 is 9.18 Å². The maximum Gasteiger partial charge on any atom is 0.329 e. The minimum Gasteiger partial charge on any atom is -0.366 e. The van der Waals surface area contributed by atoms with Crippen molar-refractivity contribution in [3.8, 4) is 11.3 Å². The van der Waals surface area contributed by atoms with Crippen molar-refractivity contribution in [2.24, 2.45) is 0 Å². The molecule has 146 valence electrons. The second-order valence-corrected chi connectivity index (χ2v) is 7.32. The van der Waals surface area contributed by atoms with Crippen molar-refractivity contribution in [3.63, 3.8) is 0 Å². The van der Waals surface area contributed by atoms with Crippen molar-refractivity contribution in [1.82, 2.24) is 15.0 Å². The first-order chi connectivity index (χ1) is 14.1. The molecule has 8 heteroatoms. The Morgan fingerprint density at radius 3 is 2.93 bits per heavy atom. The van der Waals surface area contributed by atoms with Gasteiger partial charge in [-0.25, -0.2) is 9.78 Å². The van der Waals surface area contributed by atoms with Gasteiger partial charge in [-0.3, -0.25) is 15.2 Å². The van der Waals surface area contributed by atoms with Crippen LogP contribution in [-0.4, -0.2) is 40.1 Å². The molecule has 0 saturated carbocycles. The number of hydrogen-bond donors (Lipinski definition) is 1. The van der Waals surface area contributed by atoms with E-state index in [1.54, 1.807) is 4.90 Å². The molecule has 5 rings (SSSR count). The van der Waals surface area contributed by atoms with Crippen LogP contribution < -0.4 is 15.1 Å². The molecule has 2 aromatic heterocycles. The van der Waals surface area contributed by atoms with E-state index in [1.807, 2.05) is 37.3 Å². The van der Waals surface area contributed by atoms with Crippen LogP contribution in [0.1, 0.15) is 12.0 Å². The van der Waals surface area contributed by atoms with Crippen LogP contribution in [0, 0.1) is 12.9 Å². The highest BCUT2D eigenvalue weighted by atomic mass is 19.1. The minimum absolute atomic E-state index is 0.00396. The number of fused-ring (bicyclic) bond motifs is 4. The zero-order valence-electron chi connectivity index (χ0n) is 15.8. The molecule has 1 N–H and O–H groups in total. The maximum atomic E-state index is 13.4. The zero-order chi connectivity index (χ0) is 20.0. The van der Waals surface area contributed by atoms with Gasteiger partial charge in [-0.05, 0) is 31.5 Å². The molecule has 2 amide bonds. The van der Waals surface area contributed by atoms with E-state index in [4.69, 9.17) is 4.98 Å². The number of urea groups is 1. The third-order valence-corrected chi connectivity index (χ3v) is 5.32. The molecular weight excluding hydrogens is 371 g/mol. The van der Waals surface area contributed by atoms with E-state index in [-0.39, 0.29) is 17.9 Å². The number of anilines is 3. The van der Waals surface area contributed by atoms with Crippen LogP contribution in [0.15, 0.2) is 48.8 Å². The number of benzene rings is 1. The van der Waals surface area contributed by atoms with Gasteiger partial charge in [0.15, 0.2) is 11.6 Å². The molecule has 0 radical (unpaired) electrons. The summed E-state index contributed by atoms with van der Waals surface area (Å²) in [5.41, 5.74) is 3.87. The molecule has 1 saturated heterocycles. The number of halogens is 1. The highest BCUT2D eigenvalue weighted by molar-refractivity contribution is 6.04. The van der Waals surface area contributed by atoms with Crippen LogP contribution in [0.2, 0.25) is 0 Å². The highest BCUT2D eigenvalue weighted by Crippen LogP contribution is 2.40. The van der Waals surface area contributed by atoms with Crippen LogP contribution in [0.3, 0.4) is 0 Å². The topological polar surface area (TPSA) is 74.2 Å². The Labute approximate surface area is 167 Å². The summed E-state index contributed by atoms with van der Waals surface area (Å²) in [6, 6.07) is 11.7. The van der Waals surface area contributed by atoms with E-state index in [0.29, 0.717) is 5.82 Å². The van der Waals surface area contributed by atoms with Crippen molar-refractivity contribution >= 4 is 23.4 Å². The number of carbonyl (C=O) groups excluding carboxylic acids is 1. The molecule has 3 aromatic rings. The molecule has 29 heavy (non-hydrogen) atoms. The lowest BCUT2D eigenvalue weighted by Gasteiger charge is -2.35. The van der Waals surface area contributed by atoms with E-state index in [0.717, 1.165) is 48.2 Å². The van der Waals surface area contributed by atoms with Gasteiger partial charge in [-0.2, -0.15) is 9.37 Å². The van der Waals surface area contributed by atoms with E-state index in [9.17, 15) is 9.18 Å². The van der Waals surface area contributed by atoms with Gasteiger partial charge in [0.25, 0.3) is 0 Å². The third kappa shape index (κ3) is 3.16. The molecule has 0 spiro atoms. The summed E-state index contributed by atoms with van der Waals surface area (Å²) >= 11 is 0. The van der Waals surface area contributed by atoms with Gasteiger partial charge >= 0.3 is 6.03 Å². The summed E-state index contributed by atoms with van der Waals surface area (Å²) in [5.74, 6) is -0.0554. The normalized spacial score (nSPS) is 17.2. The lowest BCUT2D eigenvalue weighted by Crippen LogP contribution is -2.48. The maximum absolute atomic E-state index is 13.4. The van der Waals surface area contributed by atoms with Crippen LogP contribution in [0.4, 0.5) is 26.5 Å². The number of pyridine rings is 1. The Balaban J connectivity index is 1.53. The number of aryl methyl sites for hydroxylation is 1. The number of hydrogen-bond acceptors (Lipinski definition) is 5. The minimum atomic E-state index is -0.742. The lowest BCUT2D eigenvalue weighted by atomic mass is 10.1. The van der Waals surface area contributed by atoms with Crippen LogP contribution >= 0.6 is 0 Å². The second-order valence-electron chi connectivity index (χ2n) is 7.32. The summed E-state index contributed by atoms with van der Waals surface area (Å²) in [6.45, 7) is 3.65. The average Bonchev–Trinajstić information content (AvgIpc) is 3.12. The van der Waals surface area contributed by atoms with E-state index < -0.39 is 5.95 Å². The van der Waals surface area contributed by atoms with Crippen molar-refractivity contribution in [2.75, 3.05) is 28.2 Å². The first kappa shape index (κ1) is 17.5. The number of rotatable bonds is 2. The first-order valence-corrected chi connectivity index (χ1v) is 9.49. The average molecular weight is 390 g/mol. The summed E-state index contributed by atoms with van der Waals surface area (Å²) in [7, 11) is 0. The second kappa shape index (κ2) is 6.80. The summed E-state index contributed by atoms with van der Waals surface area (Å²) in [5, 5.41) is 2.66. The number of carbonyl (C=O) groups is 1. The predicted octanol–water partition coefficient (Wildman–Crippen LogP) is 3.62. The number of aromatic nitrogens is 3. The molecule has 0 unspecified atom stereocenters. The molecule has 4 heterocycles. The fourth-order valence-electron chi connectivity index (χ4n) is 4.01. The summed E-state index contributed by atoms with van der Waals surface area (Å²) in [4.78, 5) is 29.3. The van der Waals surface area contributed by atoms with Gasteiger partial charge in [-0.1, -0.05) is 23.8 Å². The van der Waals surface area contributed by atoms with E-state index >= 15 is 0 Å². The fraction of sp³-hybridized carbons (Fsp3) is 0.238. The lowest BCUT2D eigenvalue weighted by molar-refractivity contribution is 0.254. The smallest absolute Gasteiger partial charge is 0.329 e. The Kier molecular flexibility index (Phi) is 4.12. The van der Waals surface area contributed by atoms with E-state index in [1.165, 1.54) is 6.20 Å². The molecule has 2 bridgehead atoms. The number of nitrogens with one attached hydrogen (secondary N) is 1. The third-order valence-electron chi connectivity index (χ3n) is 5.32. The van der Waals surface area contributed by atoms with Crippen molar-refractivity contribution in [1.29, 1.82) is 0 Å². The Bertz CT molecular complexity index is 1100. The molecule has 2 aliphatic heterocycles. The first-order valence-electron chi connectivity index (χ1n) is 9.49. The molecule has 2 aliphatic rings. The standard InChI is InChI=1S/C21H19FN6O/c1-13-3-2-4-14(9-13)16-5-6-17-20(24-16)28(15-7-8-27(17)12-15)21(29)26-19-11-23-10-18(22)25-19/h2-6,9-11,15H,7-8,12H2,1H3,(H,25,26,29)/t15-/m0/s1. The van der Waals surface area contributed by atoms with Gasteiger partial charge in [0.2, 0.25) is 5.95 Å². The number of amides is 2. The summed E-state index contributed by atoms with van der Waals surface area (Å²) < 4.78 is 13.4. The van der Waals surface area contributed by atoms with E-state index in [2.05, 4.69) is 26.3 Å². The molecule has 7 nitrogen and oxygen atoms in total. The molecule has 1 aromatic carbocycles. The van der Waals surface area contributed by atoms with Gasteiger partial charge in [0, 0.05) is 18.7 Å². The van der Waals surface area contributed by atoms with Gasteiger partial charge < -0.3 is 4.90 Å². The van der Waals surface area contributed by atoms with Crippen molar-refractivity contribution in [2.45, 2.75) is 19.4 Å². The molecule has 1 fully saturated rings.